The monoisotopic (exact) mass is 372 g/mol. The summed E-state index contributed by atoms with van der Waals surface area (Å²) < 4.78 is 0. The van der Waals surface area contributed by atoms with Gasteiger partial charge in [-0.1, -0.05) is 0 Å². The molecule has 0 saturated heterocycles. The minimum absolute atomic E-state index is 0.0404. The van der Waals surface area contributed by atoms with E-state index in [1.807, 2.05) is 0 Å². The lowest BCUT2D eigenvalue weighted by Gasteiger charge is -2.15. The highest BCUT2D eigenvalue weighted by atomic mass is 16.3. The third-order valence-electron chi connectivity index (χ3n) is 3.96. The number of aliphatic hydroxyl groups is 1. The highest BCUT2D eigenvalue weighted by Crippen LogP contribution is 2.19. The van der Waals surface area contributed by atoms with Crippen molar-refractivity contribution >= 4 is 11.7 Å². The Hall–Kier alpha value is -3.14. The van der Waals surface area contributed by atoms with E-state index in [0.717, 1.165) is 0 Å². The van der Waals surface area contributed by atoms with Gasteiger partial charge < -0.3 is 32.1 Å². The summed E-state index contributed by atoms with van der Waals surface area (Å²) in [6, 6.07) is 9.20. The molecule has 9 nitrogen and oxygen atoms in total. The third kappa shape index (κ3) is 5.68. The fourth-order valence-electron chi connectivity index (χ4n) is 2.43. The largest absolute Gasteiger partial charge is 0.508 e. The fraction of sp³-hybridized carbons (Fsp3) is 0.222. The predicted octanol–water partition coefficient (Wildman–Crippen LogP) is -0.136. The van der Waals surface area contributed by atoms with Crippen molar-refractivity contribution in [2.45, 2.75) is 19.3 Å². The molecule has 0 aliphatic heterocycles. The first kappa shape index (κ1) is 20.2. The Morgan fingerprint density at radius 2 is 1.37 bits per heavy atom. The SMILES string of the molecule is N=C(N)c1ccc(O)c(CNC[C@@H](O)NCc2cc(C(=N)N)ccc2O)c1. The number of hydrogen-bond donors (Lipinski definition) is 9. The van der Waals surface area contributed by atoms with Crippen LogP contribution in [-0.2, 0) is 13.1 Å². The molecule has 0 saturated carbocycles. The van der Waals surface area contributed by atoms with E-state index in [1.54, 1.807) is 24.3 Å². The lowest BCUT2D eigenvalue weighted by atomic mass is 10.1. The lowest BCUT2D eigenvalue weighted by Crippen LogP contribution is -2.38. The molecule has 2 aromatic rings. The summed E-state index contributed by atoms with van der Waals surface area (Å²) in [5.41, 5.74) is 12.9. The van der Waals surface area contributed by atoms with Crippen LogP contribution in [0, 0.1) is 10.8 Å². The molecular formula is C18H24N6O3. The van der Waals surface area contributed by atoms with E-state index in [1.165, 1.54) is 12.1 Å². The van der Waals surface area contributed by atoms with Crippen LogP contribution in [0.4, 0.5) is 0 Å². The van der Waals surface area contributed by atoms with Gasteiger partial charge >= 0.3 is 0 Å². The van der Waals surface area contributed by atoms with Crippen LogP contribution in [-0.4, -0.2) is 39.8 Å². The van der Waals surface area contributed by atoms with Gasteiger partial charge in [0, 0.05) is 41.9 Å². The first-order valence-electron chi connectivity index (χ1n) is 8.22. The van der Waals surface area contributed by atoms with Crippen molar-refractivity contribution in [3.8, 4) is 11.5 Å². The Bertz CT molecular complexity index is 840. The number of nitrogens with one attached hydrogen (secondary N) is 4. The molecule has 0 unspecified atom stereocenters. The standard InChI is InChI=1S/C18H24N6O3/c19-17(20)10-1-3-14(25)12(5-10)7-23-9-16(27)24-8-13-6-11(18(21)22)2-4-15(13)26/h1-6,16,23-27H,7-9H2,(H3,19,20)(H3,21,22)/t16-/m1/s1. The Labute approximate surface area is 156 Å². The van der Waals surface area contributed by atoms with Crippen LogP contribution in [0.15, 0.2) is 36.4 Å². The summed E-state index contributed by atoms with van der Waals surface area (Å²) in [4.78, 5) is 0. The molecule has 0 aliphatic carbocycles. The molecule has 0 spiro atoms. The molecule has 0 aromatic heterocycles. The molecular weight excluding hydrogens is 348 g/mol. The van der Waals surface area contributed by atoms with Crippen molar-refractivity contribution < 1.29 is 15.3 Å². The first-order chi connectivity index (χ1) is 12.8. The highest BCUT2D eigenvalue weighted by molar-refractivity contribution is 5.95. The molecule has 1 atom stereocenters. The van der Waals surface area contributed by atoms with Crippen LogP contribution in [0.3, 0.4) is 0 Å². The van der Waals surface area contributed by atoms with Gasteiger partial charge in [0.2, 0.25) is 0 Å². The summed E-state index contributed by atoms with van der Waals surface area (Å²) >= 11 is 0. The fourth-order valence-corrected chi connectivity index (χ4v) is 2.43. The van der Waals surface area contributed by atoms with Gasteiger partial charge in [0.15, 0.2) is 0 Å². The van der Waals surface area contributed by atoms with E-state index in [4.69, 9.17) is 22.3 Å². The second-order valence-corrected chi connectivity index (χ2v) is 6.04. The van der Waals surface area contributed by atoms with E-state index in [2.05, 4.69) is 10.6 Å². The smallest absolute Gasteiger partial charge is 0.122 e. The molecule has 0 fully saturated rings. The summed E-state index contributed by atoms with van der Waals surface area (Å²) in [6.45, 7) is 0.633. The number of amidine groups is 2. The van der Waals surface area contributed by atoms with Crippen LogP contribution in [0.5, 0.6) is 11.5 Å². The molecule has 2 aromatic carbocycles. The second kappa shape index (κ2) is 8.99. The molecule has 144 valence electrons. The summed E-state index contributed by atoms with van der Waals surface area (Å²) in [7, 11) is 0. The van der Waals surface area contributed by atoms with Crippen LogP contribution in [0.1, 0.15) is 22.3 Å². The van der Waals surface area contributed by atoms with Crippen molar-refractivity contribution in [2.75, 3.05) is 6.54 Å². The minimum atomic E-state index is -0.913. The number of benzene rings is 2. The van der Waals surface area contributed by atoms with Crippen molar-refractivity contribution in [3.63, 3.8) is 0 Å². The van der Waals surface area contributed by atoms with Gasteiger partial charge in [-0.3, -0.25) is 16.1 Å². The minimum Gasteiger partial charge on any atom is -0.508 e. The van der Waals surface area contributed by atoms with Gasteiger partial charge in [-0.25, -0.2) is 0 Å². The zero-order valence-electron chi connectivity index (χ0n) is 14.7. The maximum atomic E-state index is 10.0. The molecule has 0 heterocycles. The van der Waals surface area contributed by atoms with Gasteiger partial charge in [-0.2, -0.15) is 0 Å². The number of phenols is 2. The third-order valence-corrected chi connectivity index (χ3v) is 3.96. The van der Waals surface area contributed by atoms with Crippen molar-refractivity contribution in [1.82, 2.24) is 10.6 Å². The molecule has 27 heavy (non-hydrogen) atoms. The molecule has 0 amide bonds. The number of phenolic OH excluding ortho intramolecular Hbond substituents is 2. The molecule has 11 N–H and O–H groups in total. The van der Waals surface area contributed by atoms with Crippen LogP contribution < -0.4 is 22.1 Å². The number of nitrogens with two attached hydrogens (primary N) is 2. The maximum absolute atomic E-state index is 10.0. The molecule has 2 rings (SSSR count). The van der Waals surface area contributed by atoms with Gasteiger partial charge in [0.25, 0.3) is 0 Å². The van der Waals surface area contributed by atoms with Crippen LogP contribution in [0.25, 0.3) is 0 Å². The van der Waals surface area contributed by atoms with Gasteiger partial charge in [0.05, 0.1) is 0 Å². The topological polar surface area (TPSA) is 184 Å². The Balaban J connectivity index is 1.86. The number of hydrogen-bond acceptors (Lipinski definition) is 7. The van der Waals surface area contributed by atoms with E-state index >= 15 is 0 Å². The van der Waals surface area contributed by atoms with Gasteiger partial charge in [-0.15, -0.1) is 0 Å². The molecule has 0 aliphatic rings. The van der Waals surface area contributed by atoms with Gasteiger partial charge in [0.1, 0.15) is 29.4 Å². The lowest BCUT2D eigenvalue weighted by molar-refractivity contribution is 0.132. The Morgan fingerprint density at radius 1 is 0.889 bits per heavy atom. The number of aliphatic hydroxyl groups excluding tert-OH is 1. The van der Waals surface area contributed by atoms with E-state index in [9.17, 15) is 15.3 Å². The second-order valence-electron chi connectivity index (χ2n) is 6.04. The zero-order chi connectivity index (χ0) is 20.0. The van der Waals surface area contributed by atoms with Crippen LogP contribution in [0.2, 0.25) is 0 Å². The molecule has 0 radical (unpaired) electrons. The van der Waals surface area contributed by atoms with Crippen LogP contribution >= 0.6 is 0 Å². The number of aromatic hydroxyl groups is 2. The number of nitrogen functional groups attached to an aromatic ring is 2. The van der Waals surface area contributed by atoms with Gasteiger partial charge in [-0.05, 0) is 36.4 Å². The zero-order valence-corrected chi connectivity index (χ0v) is 14.7. The average molecular weight is 372 g/mol. The summed E-state index contributed by atoms with van der Waals surface area (Å²) in [5.74, 6) is -0.0869. The van der Waals surface area contributed by atoms with Crippen molar-refractivity contribution in [2.24, 2.45) is 11.5 Å². The molecule has 0 bridgehead atoms. The maximum Gasteiger partial charge on any atom is 0.122 e. The summed E-state index contributed by atoms with van der Waals surface area (Å²) in [5, 5.41) is 50.4. The highest BCUT2D eigenvalue weighted by Gasteiger charge is 2.09. The first-order valence-corrected chi connectivity index (χ1v) is 8.22. The van der Waals surface area contributed by atoms with Crippen molar-refractivity contribution in [1.29, 1.82) is 10.8 Å². The van der Waals surface area contributed by atoms with Crippen molar-refractivity contribution in [3.05, 3.63) is 58.7 Å². The normalized spacial score (nSPS) is 11.9. The Morgan fingerprint density at radius 3 is 1.85 bits per heavy atom. The summed E-state index contributed by atoms with van der Waals surface area (Å²) in [6.07, 6.45) is -0.913. The van der Waals surface area contributed by atoms with E-state index in [0.29, 0.717) is 22.3 Å². The quantitative estimate of drug-likeness (QED) is 0.167. The Kier molecular flexibility index (Phi) is 6.72. The predicted molar refractivity (Wildman–Crippen MR) is 103 cm³/mol. The van der Waals surface area contributed by atoms with E-state index in [-0.39, 0.29) is 42.8 Å². The van der Waals surface area contributed by atoms with E-state index < -0.39 is 6.23 Å². The average Bonchev–Trinajstić information content (AvgIpc) is 2.62. The molecule has 9 heteroatoms. The number of rotatable bonds is 9.